The average molecular weight is 414 g/mol. The maximum absolute atomic E-state index is 10.8. The Morgan fingerprint density at radius 2 is 1.87 bits per heavy atom. The van der Waals surface area contributed by atoms with Gasteiger partial charge in [-0.05, 0) is 46.8 Å². The van der Waals surface area contributed by atoms with Gasteiger partial charge in [0, 0.05) is 29.2 Å². The van der Waals surface area contributed by atoms with Crippen molar-refractivity contribution in [1.29, 1.82) is 0 Å². The van der Waals surface area contributed by atoms with Crippen LogP contribution >= 0.6 is 11.3 Å². The highest BCUT2D eigenvalue weighted by Crippen LogP contribution is 2.33. The lowest BCUT2D eigenvalue weighted by Crippen LogP contribution is -2.03. The van der Waals surface area contributed by atoms with E-state index in [9.17, 15) is 4.79 Å². The third kappa shape index (κ3) is 3.53. The first-order valence-corrected chi connectivity index (χ1v) is 10.6. The molecule has 0 spiro atoms. The summed E-state index contributed by atoms with van der Waals surface area (Å²) in [7, 11) is 0. The van der Waals surface area contributed by atoms with Gasteiger partial charge in [-0.3, -0.25) is 9.89 Å². The van der Waals surface area contributed by atoms with Crippen molar-refractivity contribution in [3.8, 4) is 33.0 Å². The fourth-order valence-corrected chi connectivity index (χ4v) is 4.51. The number of fused-ring (bicyclic) bond motifs is 1. The Morgan fingerprint density at radius 1 is 1.00 bits per heavy atom. The van der Waals surface area contributed by atoms with E-state index in [1.165, 1.54) is 11.1 Å². The minimum atomic E-state index is -0.790. The van der Waals surface area contributed by atoms with Crippen LogP contribution in [0.25, 0.3) is 43.9 Å². The summed E-state index contributed by atoms with van der Waals surface area (Å²) in [5, 5.41) is 19.8. The van der Waals surface area contributed by atoms with Gasteiger partial charge in [-0.1, -0.05) is 36.4 Å². The Labute approximate surface area is 177 Å². The van der Waals surface area contributed by atoms with Gasteiger partial charge < -0.3 is 9.67 Å². The van der Waals surface area contributed by atoms with Crippen LogP contribution in [0.4, 0.5) is 0 Å². The predicted octanol–water partition coefficient (Wildman–Crippen LogP) is 5.90. The number of aromatic nitrogens is 3. The summed E-state index contributed by atoms with van der Waals surface area (Å²) >= 11 is 1.70. The zero-order valence-corrected chi connectivity index (χ0v) is 16.9. The van der Waals surface area contributed by atoms with E-state index in [1.54, 1.807) is 11.3 Å². The molecule has 5 rings (SSSR count). The van der Waals surface area contributed by atoms with Crippen molar-refractivity contribution in [2.45, 2.75) is 13.0 Å². The number of rotatable bonds is 6. The molecule has 3 heterocycles. The summed E-state index contributed by atoms with van der Waals surface area (Å²) in [6, 6.07) is 22.8. The summed E-state index contributed by atoms with van der Waals surface area (Å²) in [6.07, 6.45) is 2.05. The monoisotopic (exact) mass is 413 g/mol. The number of nitrogens with one attached hydrogen (secondary N) is 1. The fourth-order valence-electron chi connectivity index (χ4n) is 3.63. The van der Waals surface area contributed by atoms with Gasteiger partial charge in [0.1, 0.15) is 0 Å². The second-order valence-corrected chi connectivity index (χ2v) is 8.07. The molecule has 0 atom stereocenters. The molecule has 5 aromatic rings. The number of hydrogen-bond acceptors (Lipinski definition) is 3. The van der Waals surface area contributed by atoms with Gasteiger partial charge in [0.25, 0.3) is 0 Å². The molecule has 5 nitrogen and oxygen atoms in total. The number of carboxylic acids is 1. The summed E-state index contributed by atoms with van der Waals surface area (Å²) in [4.78, 5) is 12.0. The number of thiophene rings is 1. The molecule has 2 N–H and O–H groups in total. The molecule has 0 aliphatic heterocycles. The summed E-state index contributed by atoms with van der Waals surface area (Å²) < 4.78 is 1.97. The van der Waals surface area contributed by atoms with E-state index in [0.29, 0.717) is 6.54 Å². The average Bonchev–Trinajstić information content (AvgIpc) is 3.51. The summed E-state index contributed by atoms with van der Waals surface area (Å²) in [6.45, 7) is 0.465. The molecule has 3 aromatic heterocycles. The highest BCUT2D eigenvalue weighted by atomic mass is 32.1. The number of aryl methyl sites for hydroxylation is 1. The number of H-pyrrole nitrogens is 1. The van der Waals surface area contributed by atoms with Crippen LogP contribution in [0.2, 0.25) is 0 Å². The number of carboxylic acid groups (broad SMARTS) is 1. The van der Waals surface area contributed by atoms with Crippen LogP contribution in [-0.2, 0) is 11.3 Å². The van der Waals surface area contributed by atoms with Crippen molar-refractivity contribution in [3.05, 3.63) is 78.3 Å². The Hall–Kier alpha value is -3.64. The highest BCUT2D eigenvalue weighted by Gasteiger charge is 2.11. The van der Waals surface area contributed by atoms with Crippen LogP contribution in [0.3, 0.4) is 0 Å². The molecule has 0 radical (unpaired) electrons. The normalized spacial score (nSPS) is 11.2. The number of nitrogens with zero attached hydrogens (tertiary/aromatic N) is 2. The van der Waals surface area contributed by atoms with Gasteiger partial charge >= 0.3 is 5.97 Å². The Morgan fingerprint density at radius 3 is 2.70 bits per heavy atom. The second-order valence-electron chi connectivity index (χ2n) is 7.16. The molecule has 0 aliphatic rings. The minimum absolute atomic E-state index is 0.111. The second kappa shape index (κ2) is 7.65. The topological polar surface area (TPSA) is 70.9 Å². The molecule has 0 fully saturated rings. The largest absolute Gasteiger partial charge is 0.481 e. The van der Waals surface area contributed by atoms with E-state index >= 15 is 0 Å². The van der Waals surface area contributed by atoms with Crippen LogP contribution in [-0.4, -0.2) is 25.8 Å². The quantitative estimate of drug-likeness (QED) is 0.364. The molecule has 0 aliphatic carbocycles. The van der Waals surface area contributed by atoms with E-state index in [4.69, 9.17) is 5.11 Å². The number of benzene rings is 2. The lowest BCUT2D eigenvalue weighted by molar-refractivity contribution is -0.137. The van der Waals surface area contributed by atoms with Crippen LogP contribution in [0.1, 0.15) is 6.42 Å². The lowest BCUT2D eigenvalue weighted by atomic mass is 10.1. The van der Waals surface area contributed by atoms with E-state index in [0.717, 1.165) is 32.7 Å². The number of aliphatic carboxylic acids is 1. The molecular weight excluding hydrogens is 394 g/mol. The van der Waals surface area contributed by atoms with Gasteiger partial charge in [-0.15, -0.1) is 11.3 Å². The number of carbonyl (C=O) groups is 1. The van der Waals surface area contributed by atoms with Crippen molar-refractivity contribution >= 4 is 28.2 Å². The molecule has 6 heteroatoms. The number of aromatic amines is 1. The summed E-state index contributed by atoms with van der Waals surface area (Å²) in [5.41, 5.74) is 6.35. The highest BCUT2D eigenvalue weighted by molar-refractivity contribution is 7.14. The van der Waals surface area contributed by atoms with Crippen LogP contribution < -0.4 is 0 Å². The van der Waals surface area contributed by atoms with Crippen molar-refractivity contribution < 1.29 is 9.90 Å². The molecule has 30 heavy (non-hydrogen) atoms. The van der Waals surface area contributed by atoms with Gasteiger partial charge in [-0.2, -0.15) is 5.10 Å². The number of hydrogen-bond donors (Lipinski definition) is 2. The molecular formula is C24H19N3O2S. The Balaban J connectivity index is 1.41. The van der Waals surface area contributed by atoms with E-state index in [2.05, 4.69) is 45.9 Å². The third-order valence-electron chi connectivity index (χ3n) is 5.18. The zero-order valence-electron chi connectivity index (χ0n) is 16.1. The molecule has 0 amide bonds. The Bertz CT molecular complexity index is 1330. The first kappa shape index (κ1) is 18.4. The van der Waals surface area contributed by atoms with E-state index in [-0.39, 0.29) is 6.42 Å². The van der Waals surface area contributed by atoms with Crippen LogP contribution in [0.15, 0.2) is 78.3 Å². The van der Waals surface area contributed by atoms with Crippen molar-refractivity contribution in [2.24, 2.45) is 0 Å². The van der Waals surface area contributed by atoms with Crippen LogP contribution in [0, 0.1) is 0 Å². The maximum Gasteiger partial charge on any atom is 0.305 e. The molecule has 0 saturated heterocycles. The molecule has 0 unspecified atom stereocenters. The Kier molecular flexibility index (Phi) is 4.69. The van der Waals surface area contributed by atoms with Crippen molar-refractivity contribution in [2.75, 3.05) is 0 Å². The fraction of sp³-hybridized carbons (Fsp3) is 0.0833. The first-order chi connectivity index (χ1) is 14.7. The van der Waals surface area contributed by atoms with Crippen molar-refractivity contribution in [3.63, 3.8) is 0 Å². The van der Waals surface area contributed by atoms with Gasteiger partial charge in [0.05, 0.1) is 22.7 Å². The van der Waals surface area contributed by atoms with Crippen molar-refractivity contribution in [1.82, 2.24) is 14.8 Å². The van der Waals surface area contributed by atoms with Gasteiger partial charge in [0.15, 0.2) is 0 Å². The zero-order chi connectivity index (χ0) is 20.5. The predicted molar refractivity (Wildman–Crippen MR) is 121 cm³/mol. The summed E-state index contributed by atoms with van der Waals surface area (Å²) in [5.74, 6) is -0.790. The first-order valence-electron chi connectivity index (χ1n) is 9.68. The maximum atomic E-state index is 10.8. The third-order valence-corrected chi connectivity index (χ3v) is 6.15. The SMILES string of the molecule is O=C(O)CCn1ccc2cc(-c3cc(-c4cc(-c5ccccc5)cs4)[nH]n3)ccc21. The molecule has 0 bridgehead atoms. The molecule has 0 saturated carbocycles. The molecule has 2 aromatic carbocycles. The smallest absolute Gasteiger partial charge is 0.305 e. The van der Waals surface area contributed by atoms with Gasteiger partial charge in [0.2, 0.25) is 0 Å². The minimum Gasteiger partial charge on any atom is -0.481 e. The standard InChI is InChI=1S/C24H19N3O2S/c28-24(29)9-11-27-10-8-18-12-17(6-7-22(18)27)20-14-21(26-25-20)23-13-19(15-30-23)16-4-2-1-3-5-16/h1-8,10,12-15H,9,11H2,(H,25,26)(H,28,29). The molecule has 148 valence electrons. The van der Waals surface area contributed by atoms with Crippen LogP contribution in [0.5, 0.6) is 0 Å². The van der Waals surface area contributed by atoms with E-state index < -0.39 is 5.97 Å². The van der Waals surface area contributed by atoms with E-state index in [1.807, 2.05) is 47.2 Å². The van der Waals surface area contributed by atoms with Gasteiger partial charge in [-0.25, -0.2) is 0 Å². The lowest BCUT2D eigenvalue weighted by Gasteiger charge is -2.04.